The Labute approximate surface area is 167 Å². The van der Waals surface area contributed by atoms with Crippen LogP contribution in [0.25, 0.3) is 0 Å². The molecule has 0 saturated carbocycles. The van der Waals surface area contributed by atoms with Crippen molar-refractivity contribution in [3.63, 3.8) is 0 Å². The maximum Gasteiger partial charge on any atom is 0.216 e. The van der Waals surface area contributed by atoms with Crippen molar-refractivity contribution in [2.75, 3.05) is 26.3 Å². The Balaban J connectivity index is 1.53. The number of benzene rings is 2. The highest BCUT2D eigenvalue weighted by Gasteiger charge is 2.25. The number of hydrogen-bond donors (Lipinski definition) is 0. The number of aliphatic imine (C=N–C) groups is 2. The van der Waals surface area contributed by atoms with Crippen LogP contribution in [0.1, 0.15) is 55.4 Å². The smallest absolute Gasteiger partial charge is 0.216 e. The maximum absolute atomic E-state index is 5.65. The summed E-state index contributed by atoms with van der Waals surface area (Å²) in [5.74, 6) is 1.97. The highest BCUT2D eigenvalue weighted by molar-refractivity contribution is 5.95. The van der Waals surface area contributed by atoms with Gasteiger partial charge in [0.1, 0.15) is 13.2 Å². The summed E-state index contributed by atoms with van der Waals surface area (Å²) in [6.45, 7) is 9.81. The van der Waals surface area contributed by atoms with Crippen molar-refractivity contribution < 1.29 is 9.47 Å². The van der Waals surface area contributed by atoms with Crippen LogP contribution in [0.3, 0.4) is 0 Å². The van der Waals surface area contributed by atoms with Gasteiger partial charge in [0.05, 0.1) is 13.1 Å². The van der Waals surface area contributed by atoms with E-state index in [1.807, 2.05) is 0 Å². The average Bonchev–Trinajstić information content (AvgIpc) is 3.42. The van der Waals surface area contributed by atoms with Gasteiger partial charge in [-0.3, -0.25) is 0 Å². The summed E-state index contributed by atoms with van der Waals surface area (Å²) in [7, 11) is 0. The summed E-state index contributed by atoms with van der Waals surface area (Å²) in [5, 5.41) is 0. The lowest BCUT2D eigenvalue weighted by Crippen LogP contribution is -2.21. The van der Waals surface area contributed by atoms with Crippen LogP contribution in [0.4, 0.5) is 0 Å². The van der Waals surface area contributed by atoms with Crippen LogP contribution >= 0.6 is 0 Å². The fourth-order valence-electron chi connectivity index (χ4n) is 4.07. The first-order chi connectivity index (χ1) is 13.5. The van der Waals surface area contributed by atoms with E-state index in [4.69, 9.17) is 9.47 Å². The van der Waals surface area contributed by atoms with Crippen LogP contribution in [-0.2, 0) is 14.9 Å². The summed E-state index contributed by atoms with van der Waals surface area (Å²) < 4.78 is 11.3. The van der Waals surface area contributed by atoms with Crippen molar-refractivity contribution in [1.82, 2.24) is 0 Å². The molecule has 0 aromatic heterocycles. The van der Waals surface area contributed by atoms with Gasteiger partial charge in [-0.15, -0.1) is 0 Å². The average molecular weight is 377 g/mol. The number of rotatable bonds is 6. The minimum Gasteiger partial charge on any atom is -0.476 e. The molecule has 4 heteroatoms. The van der Waals surface area contributed by atoms with Gasteiger partial charge in [-0.25, -0.2) is 9.98 Å². The van der Waals surface area contributed by atoms with E-state index in [1.165, 1.54) is 11.1 Å². The normalized spacial score (nSPS) is 17.5. The predicted molar refractivity (Wildman–Crippen MR) is 114 cm³/mol. The first-order valence-corrected chi connectivity index (χ1v) is 10.1. The van der Waals surface area contributed by atoms with E-state index in [1.54, 1.807) is 0 Å². The molecular weight excluding hydrogens is 348 g/mol. The molecule has 2 aromatic carbocycles. The molecule has 28 heavy (non-hydrogen) atoms. The monoisotopic (exact) mass is 376 g/mol. The molecule has 0 bridgehead atoms. The molecule has 4 nitrogen and oxygen atoms in total. The molecule has 1 atom stereocenters. The molecule has 0 fully saturated rings. The Kier molecular flexibility index (Phi) is 5.21. The van der Waals surface area contributed by atoms with E-state index in [0.717, 1.165) is 42.4 Å². The Hall–Kier alpha value is -2.62. The predicted octanol–water partition coefficient (Wildman–Crippen LogP) is 4.71. The van der Waals surface area contributed by atoms with Gasteiger partial charge >= 0.3 is 0 Å². The molecule has 2 aromatic rings. The van der Waals surface area contributed by atoms with Gasteiger partial charge in [-0.1, -0.05) is 45.0 Å². The standard InChI is InChI=1S/C24H28N2O2/c1-17(18-6-4-7-19(14-18)22-25-10-12-27-22)16-24(2,3)21-9-5-8-20(15-21)23-26-11-13-28-23/h4-9,14-15,17H,10-13,16H2,1-3H3. The Morgan fingerprint density at radius 1 is 0.893 bits per heavy atom. The van der Waals surface area contributed by atoms with Crippen molar-refractivity contribution in [3.05, 3.63) is 70.8 Å². The minimum absolute atomic E-state index is 0.0337. The van der Waals surface area contributed by atoms with E-state index in [-0.39, 0.29) is 5.41 Å². The quantitative estimate of drug-likeness (QED) is 0.733. The summed E-state index contributed by atoms with van der Waals surface area (Å²) >= 11 is 0. The molecule has 0 spiro atoms. The molecule has 4 rings (SSSR count). The van der Waals surface area contributed by atoms with Gasteiger partial charge in [-0.2, -0.15) is 0 Å². The third kappa shape index (κ3) is 3.96. The highest BCUT2D eigenvalue weighted by Crippen LogP contribution is 2.35. The topological polar surface area (TPSA) is 43.2 Å². The van der Waals surface area contributed by atoms with Crippen LogP contribution in [0.15, 0.2) is 58.5 Å². The second-order valence-electron chi connectivity index (χ2n) is 8.27. The molecule has 0 saturated heterocycles. The van der Waals surface area contributed by atoms with Crippen LogP contribution in [0.5, 0.6) is 0 Å². The third-order valence-electron chi connectivity index (χ3n) is 5.58. The van der Waals surface area contributed by atoms with Crippen LogP contribution in [0.2, 0.25) is 0 Å². The third-order valence-corrected chi connectivity index (χ3v) is 5.58. The van der Waals surface area contributed by atoms with Crippen LogP contribution < -0.4 is 0 Å². The molecule has 0 amide bonds. The molecule has 0 N–H and O–H groups in total. The Morgan fingerprint density at radius 3 is 2.11 bits per heavy atom. The first kappa shape index (κ1) is 18.7. The summed E-state index contributed by atoms with van der Waals surface area (Å²) in [6, 6.07) is 17.2. The van der Waals surface area contributed by atoms with Crippen LogP contribution in [0, 0.1) is 0 Å². The molecule has 2 aliphatic rings. The molecule has 146 valence electrons. The van der Waals surface area contributed by atoms with Crippen molar-refractivity contribution in [3.8, 4) is 0 Å². The SMILES string of the molecule is CC(CC(C)(C)c1cccc(C2=NCCO2)c1)c1cccc(C2=NCCO2)c1. The molecule has 1 unspecified atom stereocenters. The van der Waals surface area contributed by atoms with E-state index in [0.29, 0.717) is 19.1 Å². The van der Waals surface area contributed by atoms with Crippen molar-refractivity contribution in [2.45, 2.75) is 38.5 Å². The second kappa shape index (κ2) is 7.78. The van der Waals surface area contributed by atoms with E-state index in [2.05, 4.69) is 79.3 Å². The van der Waals surface area contributed by atoms with E-state index in [9.17, 15) is 0 Å². The van der Waals surface area contributed by atoms with Gasteiger partial charge in [-0.05, 0) is 53.1 Å². The Bertz CT molecular complexity index is 914. The molecule has 2 aliphatic heterocycles. The second-order valence-corrected chi connectivity index (χ2v) is 8.27. The lowest BCUT2D eigenvalue weighted by Gasteiger charge is -2.29. The van der Waals surface area contributed by atoms with E-state index >= 15 is 0 Å². The van der Waals surface area contributed by atoms with Gasteiger partial charge in [0.15, 0.2) is 0 Å². The molecule has 2 heterocycles. The van der Waals surface area contributed by atoms with Crippen molar-refractivity contribution >= 4 is 11.8 Å². The van der Waals surface area contributed by atoms with Gasteiger partial charge in [0, 0.05) is 11.1 Å². The maximum atomic E-state index is 5.65. The zero-order chi connectivity index (χ0) is 19.6. The summed E-state index contributed by atoms with van der Waals surface area (Å²) in [6.07, 6.45) is 1.04. The van der Waals surface area contributed by atoms with Crippen LogP contribution in [-0.4, -0.2) is 38.1 Å². The van der Waals surface area contributed by atoms with Gasteiger partial charge in [0.25, 0.3) is 0 Å². The first-order valence-electron chi connectivity index (χ1n) is 10.1. The number of nitrogens with zero attached hydrogens (tertiary/aromatic N) is 2. The fraction of sp³-hybridized carbons (Fsp3) is 0.417. The number of hydrogen-bond acceptors (Lipinski definition) is 4. The van der Waals surface area contributed by atoms with E-state index < -0.39 is 0 Å². The van der Waals surface area contributed by atoms with Gasteiger partial charge < -0.3 is 9.47 Å². The Morgan fingerprint density at radius 2 is 1.50 bits per heavy atom. The molecule has 0 aliphatic carbocycles. The summed E-state index contributed by atoms with van der Waals surface area (Å²) in [4.78, 5) is 8.90. The zero-order valence-electron chi connectivity index (χ0n) is 16.9. The highest BCUT2D eigenvalue weighted by atomic mass is 16.5. The van der Waals surface area contributed by atoms with Crippen molar-refractivity contribution in [1.29, 1.82) is 0 Å². The lowest BCUT2D eigenvalue weighted by atomic mass is 9.75. The largest absolute Gasteiger partial charge is 0.476 e. The lowest BCUT2D eigenvalue weighted by molar-refractivity contribution is 0.348. The number of ether oxygens (including phenoxy) is 2. The molecule has 0 radical (unpaired) electrons. The fourth-order valence-corrected chi connectivity index (χ4v) is 4.07. The minimum atomic E-state index is 0.0337. The molecular formula is C24H28N2O2. The van der Waals surface area contributed by atoms with Gasteiger partial charge in [0.2, 0.25) is 11.8 Å². The zero-order valence-corrected chi connectivity index (χ0v) is 16.9. The van der Waals surface area contributed by atoms with Crippen molar-refractivity contribution in [2.24, 2.45) is 9.98 Å². The summed E-state index contributed by atoms with van der Waals surface area (Å²) in [5.41, 5.74) is 4.83.